The molecule has 0 amide bonds. The van der Waals surface area contributed by atoms with Gasteiger partial charge in [0.15, 0.2) is 24.1 Å². The number of carbonyl (C=O) groups is 3. The van der Waals surface area contributed by atoms with Crippen LogP contribution >= 0.6 is 0 Å². The van der Waals surface area contributed by atoms with Crippen LogP contribution in [0.1, 0.15) is 92.7 Å². The standard InChI is InChI=1S/C47H68N4O12/c1-13-37-47(9)42(62-45(54)63-47)30(4)38(50-57-26-34-18-15-14-16-19-34)28(2)23-46(8,55-12)41(61-44-40(59-33(7)52)36(51(10)11)22-29(3)58-44)31(5)39(32(6)43(53)60-37)56-21-17-20-35-24-48-27-49-25-35/h14-19,21,24-25,27-32,36-37,39-42,44H,13,20,22-23,26H2,1-12H3/b21-17-,50-38+/t28-,29-,30+,31+,32-,36+,37-,39+,40-,41-,42-,44+,46-,47-/m1/s1. The third-order valence-electron chi connectivity index (χ3n) is 12.8. The Morgan fingerprint density at radius 1 is 0.984 bits per heavy atom. The van der Waals surface area contributed by atoms with E-state index in [1.54, 1.807) is 39.6 Å². The Labute approximate surface area is 372 Å². The topological polar surface area (TPSA) is 176 Å². The minimum Gasteiger partial charge on any atom is -0.497 e. The Bertz CT molecular complexity index is 1870. The van der Waals surface area contributed by atoms with Crippen molar-refractivity contribution < 1.29 is 57.1 Å². The zero-order chi connectivity index (χ0) is 46.1. The van der Waals surface area contributed by atoms with E-state index in [0.29, 0.717) is 31.4 Å². The first kappa shape index (κ1) is 49.4. The summed E-state index contributed by atoms with van der Waals surface area (Å²) in [6, 6.07) is 9.42. The first-order valence-electron chi connectivity index (χ1n) is 22.0. The molecule has 14 atom stereocenters. The van der Waals surface area contributed by atoms with Crippen LogP contribution < -0.4 is 0 Å². The number of rotatable bonds is 13. The van der Waals surface area contributed by atoms with Crippen LogP contribution in [0.3, 0.4) is 0 Å². The van der Waals surface area contributed by atoms with Gasteiger partial charge < -0.3 is 47.6 Å². The maximum Gasteiger partial charge on any atom is 0.509 e. The summed E-state index contributed by atoms with van der Waals surface area (Å²) < 4.78 is 51.1. The van der Waals surface area contributed by atoms with Gasteiger partial charge in [-0.1, -0.05) is 63.2 Å². The molecule has 0 unspecified atom stereocenters. The average Bonchev–Trinajstić information content (AvgIpc) is 3.57. The van der Waals surface area contributed by atoms with Crippen molar-refractivity contribution in [1.29, 1.82) is 0 Å². The van der Waals surface area contributed by atoms with Gasteiger partial charge in [0, 0.05) is 44.2 Å². The molecule has 0 spiro atoms. The van der Waals surface area contributed by atoms with Gasteiger partial charge in [-0.25, -0.2) is 14.8 Å². The highest BCUT2D eigenvalue weighted by atomic mass is 16.8. The number of benzene rings is 1. The van der Waals surface area contributed by atoms with E-state index in [-0.39, 0.29) is 18.8 Å². The molecule has 0 saturated carbocycles. The van der Waals surface area contributed by atoms with E-state index in [2.05, 4.69) is 9.97 Å². The Kier molecular flexibility index (Phi) is 17.1. The number of aromatic nitrogens is 2. The molecule has 2 aromatic rings. The Balaban J connectivity index is 1.66. The summed E-state index contributed by atoms with van der Waals surface area (Å²) in [5.74, 6) is -3.59. The Morgan fingerprint density at radius 3 is 2.32 bits per heavy atom. The van der Waals surface area contributed by atoms with Gasteiger partial charge in [0.05, 0.1) is 41.7 Å². The number of methoxy groups -OCH3 is 1. The van der Waals surface area contributed by atoms with Gasteiger partial charge in [-0.05, 0) is 84.7 Å². The molecule has 348 valence electrons. The molecular weight excluding hydrogens is 813 g/mol. The lowest BCUT2D eigenvalue weighted by Crippen LogP contribution is -2.61. The number of oxime groups is 1. The van der Waals surface area contributed by atoms with Crippen molar-refractivity contribution in [3.8, 4) is 0 Å². The van der Waals surface area contributed by atoms with Gasteiger partial charge in [0.1, 0.15) is 25.1 Å². The van der Waals surface area contributed by atoms with Crippen LogP contribution in [0.5, 0.6) is 0 Å². The van der Waals surface area contributed by atoms with Crippen molar-refractivity contribution in [3.05, 3.63) is 72.5 Å². The summed E-state index contributed by atoms with van der Waals surface area (Å²) in [6.07, 6.45) is 3.30. The van der Waals surface area contributed by atoms with E-state index in [0.717, 1.165) is 11.1 Å². The fraction of sp³-hybridized carbons (Fsp3) is 0.660. The maximum atomic E-state index is 14.6. The smallest absolute Gasteiger partial charge is 0.497 e. The van der Waals surface area contributed by atoms with Gasteiger partial charge in [-0.2, -0.15) is 0 Å². The molecule has 16 heteroatoms. The number of carbonyl (C=O) groups excluding carboxylic acids is 3. The molecule has 3 aliphatic rings. The second-order valence-electron chi connectivity index (χ2n) is 17.9. The van der Waals surface area contributed by atoms with Crippen molar-refractivity contribution in [3.63, 3.8) is 0 Å². The monoisotopic (exact) mass is 880 g/mol. The van der Waals surface area contributed by atoms with Crippen LogP contribution in [0.25, 0.3) is 0 Å². The fourth-order valence-corrected chi connectivity index (χ4v) is 9.44. The molecule has 3 aliphatic heterocycles. The lowest BCUT2D eigenvalue weighted by atomic mass is 9.73. The molecular formula is C47H68N4O12. The highest BCUT2D eigenvalue weighted by Gasteiger charge is 2.59. The largest absolute Gasteiger partial charge is 0.509 e. The van der Waals surface area contributed by atoms with E-state index in [1.165, 1.54) is 13.3 Å². The molecule has 4 heterocycles. The number of cyclic esters (lactones) is 1. The quantitative estimate of drug-likeness (QED) is 0.0884. The molecule has 63 heavy (non-hydrogen) atoms. The number of hydrogen-bond acceptors (Lipinski definition) is 16. The molecule has 0 radical (unpaired) electrons. The molecule has 3 fully saturated rings. The third-order valence-corrected chi connectivity index (χ3v) is 12.8. The van der Waals surface area contributed by atoms with E-state index in [9.17, 15) is 14.4 Å². The van der Waals surface area contributed by atoms with E-state index in [4.69, 9.17) is 47.9 Å². The van der Waals surface area contributed by atoms with Crippen molar-refractivity contribution in [1.82, 2.24) is 14.9 Å². The van der Waals surface area contributed by atoms with Crippen LogP contribution in [0.4, 0.5) is 4.79 Å². The number of allylic oxidation sites excluding steroid dienone is 1. The van der Waals surface area contributed by atoms with Crippen LogP contribution in [-0.4, -0.2) is 120 Å². The van der Waals surface area contributed by atoms with Crippen LogP contribution in [-0.2, 0) is 65.3 Å². The number of hydrogen-bond donors (Lipinski definition) is 0. The molecule has 0 N–H and O–H groups in total. The van der Waals surface area contributed by atoms with Crippen molar-refractivity contribution in [2.45, 2.75) is 155 Å². The summed E-state index contributed by atoms with van der Waals surface area (Å²) in [5.41, 5.74) is -0.227. The SMILES string of the molecule is CC[C@H]1OC(=O)[C@H](C)[C@@H](O/C=C\Cc2cncnc2)[C@H](C)[C@@H](O[C@@H]2O[C@H](C)C[C@H](N(C)C)[C@H]2OC(C)=O)[C@](C)(OC)C[C@@H](C)/C(=N\OCc2ccccc2)[C@H](C)[C@H]2OC(=O)O[C@@]21C. The van der Waals surface area contributed by atoms with Gasteiger partial charge in [0.2, 0.25) is 0 Å². The lowest BCUT2D eigenvalue weighted by molar-refractivity contribution is -0.303. The van der Waals surface area contributed by atoms with Crippen molar-refractivity contribution >= 4 is 23.8 Å². The molecule has 1 aromatic heterocycles. The predicted octanol–water partition coefficient (Wildman–Crippen LogP) is 6.84. The predicted molar refractivity (Wildman–Crippen MR) is 232 cm³/mol. The number of nitrogens with zero attached hydrogens (tertiary/aromatic N) is 4. The summed E-state index contributed by atoms with van der Waals surface area (Å²) in [6.45, 7) is 16.6. The van der Waals surface area contributed by atoms with Crippen molar-refractivity contribution in [2.24, 2.45) is 28.8 Å². The normalized spacial score (nSPS) is 36.2. The molecule has 16 nitrogen and oxygen atoms in total. The lowest BCUT2D eigenvalue weighted by Gasteiger charge is -2.49. The first-order chi connectivity index (χ1) is 29.9. The first-order valence-corrected chi connectivity index (χ1v) is 22.0. The summed E-state index contributed by atoms with van der Waals surface area (Å²) in [4.78, 5) is 56.7. The highest BCUT2D eigenvalue weighted by Crippen LogP contribution is 2.43. The second kappa shape index (κ2) is 21.8. The highest BCUT2D eigenvalue weighted by molar-refractivity contribution is 5.89. The molecule has 5 rings (SSSR count). The molecule has 3 saturated heterocycles. The zero-order valence-corrected chi connectivity index (χ0v) is 38.9. The van der Waals surface area contributed by atoms with Gasteiger partial charge in [-0.3, -0.25) is 9.59 Å². The summed E-state index contributed by atoms with van der Waals surface area (Å²) in [5, 5.41) is 4.77. The van der Waals surface area contributed by atoms with Crippen molar-refractivity contribution in [2.75, 3.05) is 21.2 Å². The van der Waals surface area contributed by atoms with Crippen LogP contribution in [0, 0.1) is 23.7 Å². The minimum atomic E-state index is -1.40. The number of likely N-dealkylation sites (N-methyl/N-ethyl adjacent to an activating group) is 1. The third kappa shape index (κ3) is 11.9. The van der Waals surface area contributed by atoms with E-state index < -0.39 is 89.8 Å². The van der Waals surface area contributed by atoms with Crippen LogP contribution in [0.15, 0.2) is 66.5 Å². The van der Waals surface area contributed by atoms with E-state index in [1.807, 2.05) is 96.9 Å². The van der Waals surface area contributed by atoms with Gasteiger partial charge in [-0.15, -0.1) is 0 Å². The van der Waals surface area contributed by atoms with Gasteiger partial charge >= 0.3 is 18.1 Å². The van der Waals surface area contributed by atoms with E-state index >= 15 is 0 Å². The molecule has 1 aromatic carbocycles. The van der Waals surface area contributed by atoms with Gasteiger partial charge in [0.25, 0.3) is 0 Å². The Hall–Kier alpha value is -4.64. The zero-order valence-electron chi connectivity index (χ0n) is 38.9. The molecule has 0 bridgehead atoms. The second-order valence-corrected chi connectivity index (χ2v) is 17.9. The fourth-order valence-electron chi connectivity index (χ4n) is 9.44. The van der Waals surface area contributed by atoms with Crippen LogP contribution in [0.2, 0.25) is 0 Å². The molecule has 0 aliphatic carbocycles. The average molecular weight is 881 g/mol. The minimum absolute atomic E-state index is 0.186. The Morgan fingerprint density at radius 2 is 1.68 bits per heavy atom. The summed E-state index contributed by atoms with van der Waals surface area (Å²) >= 11 is 0. The maximum absolute atomic E-state index is 14.6. The summed E-state index contributed by atoms with van der Waals surface area (Å²) in [7, 11) is 5.46. The number of ether oxygens (including phenoxy) is 8. The number of fused-ring (bicyclic) bond motifs is 1. The number of esters is 2.